The molecule has 0 unspecified atom stereocenters. The molecule has 0 aliphatic heterocycles. The first-order chi connectivity index (χ1) is 19.5. The number of aromatic nitrogens is 2. The molecule has 5 aromatic rings. The maximum absolute atomic E-state index is 12.6. The summed E-state index contributed by atoms with van der Waals surface area (Å²) in [5, 5.41) is 20.3. The summed E-state index contributed by atoms with van der Waals surface area (Å²) in [5.41, 5.74) is 4.71. The van der Waals surface area contributed by atoms with E-state index in [2.05, 4.69) is 21.8 Å². The molecular weight excluding hydrogens is 504 g/mol. The third kappa shape index (κ3) is 5.97. The van der Waals surface area contributed by atoms with E-state index in [0.717, 1.165) is 22.7 Å². The molecule has 0 aliphatic rings. The lowest BCUT2D eigenvalue weighted by Crippen LogP contribution is -2.25. The molecule has 5 rings (SSSR count). The summed E-state index contributed by atoms with van der Waals surface area (Å²) in [4.78, 5) is 14.6. The van der Waals surface area contributed by atoms with Gasteiger partial charge in [0.1, 0.15) is 24.2 Å². The van der Waals surface area contributed by atoms with Gasteiger partial charge in [-0.1, -0.05) is 36.4 Å². The number of fused-ring (bicyclic) bond motifs is 1. The Hall–Kier alpha value is -5.49. The Balaban J connectivity index is 1.28. The highest BCUT2D eigenvalue weighted by atomic mass is 16.5. The molecule has 0 saturated carbocycles. The number of likely N-dealkylation sites (N-methyl/N-ethyl adjacent to an activating group) is 1. The van der Waals surface area contributed by atoms with Crippen LogP contribution in [0.1, 0.15) is 11.1 Å². The van der Waals surface area contributed by atoms with Crippen LogP contribution in [0.15, 0.2) is 97.3 Å². The van der Waals surface area contributed by atoms with Crippen molar-refractivity contribution in [2.75, 3.05) is 35.7 Å². The van der Waals surface area contributed by atoms with Crippen molar-refractivity contribution < 1.29 is 14.3 Å². The Kier molecular flexibility index (Phi) is 7.79. The van der Waals surface area contributed by atoms with E-state index in [9.17, 15) is 10.1 Å². The van der Waals surface area contributed by atoms with Gasteiger partial charge in [-0.2, -0.15) is 10.4 Å². The SMILES string of the molecule is Cc1c(NC(=O)OCCN(C)c2ccccc2)cn2ncc(C#N)c(Nc3ccc(Oc4ccccc4)cc3)c12. The topological polar surface area (TPSA) is 104 Å². The van der Waals surface area contributed by atoms with Gasteiger partial charge in [0.25, 0.3) is 0 Å². The lowest BCUT2D eigenvalue weighted by atomic mass is 10.1. The van der Waals surface area contributed by atoms with Crippen molar-refractivity contribution in [3.8, 4) is 17.6 Å². The summed E-state index contributed by atoms with van der Waals surface area (Å²) in [5.74, 6) is 1.44. The maximum atomic E-state index is 12.6. The van der Waals surface area contributed by atoms with Gasteiger partial charge < -0.3 is 19.7 Å². The van der Waals surface area contributed by atoms with Gasteiger partial charge in [-0.15, -0.1) is 0 Å². The van der Waals surface area contributed by atoms with Gasteiger partial charge in [-0.3, -0.25) is 5.32 Å². The van der Waals surface area contributed by atoms with Crippen molar-refractivity contribution in [2.24, 2.45) is 0 Å². The zero-order valence-corrected chi connectivity index (χ0v) is 22.2. The van der Waals surface area contributed by atoms with E-state index in [4.69, 9.17) is 9.47 Å². The summed E-state index contributed by atoms with van der Waals surface area (Å²) >= 11 is 0. The zero-order valence-electron chi connectivity index (χ0n) is 22.2. The minimum atomic E-state index is -0.565. The number of amides is 1. The third-order valence-electron chi connectivity index (χ3n) is 6.37. The Bertz CT molecular complexity index is 1640. The molecule has 0 bridgehead atoms. The van der Waals surface area contributed by atoms with Crippen molar-refractivity contribution in [3.05, 3.63) is 108 Å². The average molecular weight is 533 g/mol. The number of anilines is 4. The van der Waals surface area contributed by atoms with E-state index in [1.807, 2.05) is 104 Å². The van der Waals surface area contributed by atoms with Crippen LogP contribution in [-0.2, 0) is 4.74 Å². The Morgan fingerprint density at radius 2 is 1.68 bits per heavy atom. The molecule has 2 heterocycles. The highest BCUT2D eigenvalue weighted by Gasteiger charge is 2.18. The summed E-state index contributed by atoms with van der Waals surface area (Å²) in [6.07, 6.45) is 2.62. The highest BCUT2D eigenvalue weighted by Crippen LogP contribution is 2.33. The molecule has 0 fully saturated rings. The van der Waals surface area contributed by atoms with Gasteiger partial charge in [0, 0.05) is 24.0 Å². The van der Waals surface area contributed by atoms with Crippen LogP contribution in [0.5, 0.6) is 11.5 Å². The first-order valence-electron chi connectivity index (χ1n) is 12.7. The highest BCUT2D eigenvalue weighted by molar-refractivity contribution is 5.92. The molecule has 0 spiro atoms. The number of hydrogen-bond acceptors (Lipinski definition) is 7. The van der Waals surface area contributed by atoms with Crippen LogP contribution >= 0.6 is 0 Å². The smallest absolute Gasteiger partial charge is 0.411 e. The zero-order chi connectivity index (χ0) is 27.9. The fourth-order valence-corrected chi connectivity index (χ4v) is 4.23. The van der Waals surface area contributed by atoms with Crippen molar-refractivity contribution >= 4 is 34.4 Å². The van der Waals surface area contributed by atoms with Gasteiger partial charge in [-0.05, 0) is 55.5 Å². The quantitative estimate of drug-likeness (QED) is 0.217. The molecule has 3 aromatic carbocycles. The molecule has 200 valence electrons. The number of carbonyl (C=O) groups excluding carboxylic acids is 1. The second-order valence-electron chi connectivity index (χ2n) is 9.09. The summed E-state index contributed by atoms with van der Waals surface area (Å²) in [6, 6.07) is 29.1. The number of benzene rings is 3. The third-order valence-corrected chi connectivity index (χ3v) is 6.37. The molecule has 0 saturated heterocycles. The number of nitrogens with zero attached hydrogens (tertiary/aromatic N) is 4. The van der Waals surface area contributed by atoms with Gasteiger partial charge in [0.15, 0.2) is 0 Å². The number of nitriles is 1. The number of ether oxygens (including phenoxy) is 2. The molecule has 9 heteroatoms. The largest absolute Gasteiger partial charge is 0.457 e. The number of rotatable bonds is 9. The monoisotopic (exact) mass is 532 g/mol. The van der Waals surface area contributed by atoms with Crippen molar-refractivity contribution in [1.82, 2.24) is 9.61 Å². The average Bonchev–Trinajstić information content (AvgIpc) is 3.30. The van der Waals surface area contributed by atoms with E-state index < -0.39 is 6.09 Å². The fraction of sp³-hybridized carbons (Fsp3) is 0.129. The summed E-state index contributed by atoms with van der Waals surface area (Å²) in [6.45, 7) is 2.63. The van der Waals surface area contributed by atoms with Crippen LogP contribution < -0.4 is 20.3 Å². The number of aryl methyl sites for hydroxylation is 1. The van der Waals surface area contributed by atoms with E-state index in [-0.39, 0.29) is 6.61 Å². The summed E-state index contributed by atoms with van der Waals surface area (Å²) in [7, 11) is 1.94. The second kappa shape index (κ2) is 11.9. The van der Waals surface area contributed by atoms with Crippen LogP contribution in [-0.4, -0.2) is 35.9 Å². The van der Waals surface area contributed by atoms with Gasteiger partial charge >= 0.3 is 6.09 Å². The molecule has 1 amide bonds. The lowest BCUT2D eigenvalue weighted by Gasteiger charge is -2.18. The molecule has 0 aliphatic carbocycles. The predicted octanol–water partition coefficient (Wildman–Crippen LogP) is 6.74. The van der Waals surface area contributed by atoms with Crippen LogP contribution in [0.25, 0.3) is 5.52 Å². The predicted molar refractivity (Wildman–Crippen MR) is 156 cm³/mol. The molecule has 2 aromatic heterocycles. The second-order valence-corrected chi connectivity index (χ2v) is 9.09. The van der Waals surface area contributed by atoms with Crippen LogP contribution in [0.4, 0.5) is 27.5 Å². The Morgan fingerprint density at radius 3 is 2.38 bits per heavy atom. The van der Waals surface area contributed by atoms with Crippen LogP contribution in [0, 0.1) is 18.3 Å². The van der Waals surface area contributed by atoms with E-state index in [1.54, 1.807) is 10.7 Å². The van der Waals surface area contributed by atoms with Crippen LogP contribution in [0.2, 0.25) is 0 Å². The summed E-state index contributed by atoms with van der Waals surface area (Å²) < 4.78 is 12.9. The number of nitrogens with one attached hydrogen (secondary N) is 2. The molecule has 0 atom stereocenters. The number of carbonyl (C=O) groups is 1. The molecule has 9 nitrogen and oxygen atoms in total. The van der Waals surface area contributed by atoms with Crippen molar-refractivity contribution in [2.45, 2.75) is 6.92 Å². The van der Waals surface area contributed by atoms with Gasteiger partial charge in [-0.25, -0.2) is 9.31 Å². The Morgan fingerprint density at radius 1 is 1.00 bits per heavy atom. The first kappa shape index (κ1) is 26.1. The van der Waals surface area contributed by atoms with E-state index >= 15 is 0 Å². The lowest BCUT2D eigenvalue weighted by molar-refractivity contribution is 0.164. The normalized spacial score (nSPS) is 10.5. The number of para-hydroxylation sites is 2. The molecule has 40 heavy (non-hydrogen) atoms. The minimum Gasteiger partial charge on any atom is -0.457 e. The van der Waals surface area contributed by atoms with Crippen molar-refractivity contribution in [1.29, 1.82) is 5.26 Å². The van der Waals surface area contributed by atoms with Gasteiger partial charge in [0.05, 0.1) is 41.4 Å². The minimum absolute atomic E-state index is 0.220. The first-order valence-corrected chi connectivity index (χ1v) is 12.7. The van der Waals surface area contributed by atoms with Crippen molar-refractivity contribution in [3.63, 3.8) is 0 Å². The standard InChI is InChI=1S/C31H28N6O3/c1-22-28(35-31(38)39-18-17-36(2)25-9-5-3-6-10-25)21-37-30(22)29(23(19-32)20-33-37)34-24-13-15-27(16-14-24)40-26-11-7-4-8-12-26/h3-16,20-21,34H,17-18H2,1-2H3,(H,35,38). The molecule has 2 N–H and O–H groups in total. The Labute approximate surface area is 232 Å². The fourth-order valence-electron chi connectivity index (χ4n) is 4.23. The molecule has 0 radical (unpaired) electrons. The van der Waals surface area contributed by atoms with E-state index in [1.165, 1.54) is 6.20 Å². The van der Waals surface area contributed by atoms with E-state index in [0.29, 0.717) is 34.7 Å². The number of hydrogen-bond donors (Lipinski definition) is 2. The van der Waals surface area contributed by atoms with Gasteiger partial charge in [0.2, 0.25) is 0 Å². The molecular formula is C31H28N6O3. The van der Waals surface area contributed by atoms with Crippen LogP contribution in [0.3, 0.4) is 0 Å². The maximum Gasteiger partial charge on any atom is 0.411 e.